The number of anilines is 1. The molecule has 0 saturated carbocycles. The predicted molar refractivity (Wildman–Crippen MR) is 102 cm³/mol. The standard InChI is InChI=1S/C21H27N3O/c25-21(11-6-9-18-7-2-1-3-8-18)23-17-19-12-15-24(16-13-19)20-10-4-5-14-22-20/h1-5,7-8,10,14,19H,6,9,11-13,15-17H2,(H,23,25). The number of aryl methyl sites for hydroxylation is 1. The van der Waals surface area contributed by atoms with Gasteiger partial charge in [0.25, 0.3) is 0 Å². The molecule has 0 unspecified atom stereocenters. The van der Waals surface area contributed by atoms with Crippen LogP contribution in [-0.4, -0.2) is 30.5 Å². The molecule has 25 heavy (non-hydrogen) atoms. The molecule has 0 aliphatic carbocycles. The molecule has 0 radical (unpaired) electrons. The predicted octanol–water partition coefficient (Wildman–Crippen LogP) is 3.44. The summed E-state index contributed by atoms with van der Waals surface area (Å²) in [6.07, 6.45) is 6.56. The molecule has 4 heteroatoms. The lowest BCUT2D eigenvalue weighted by Gasteiger charge is -2.32. The Morgan fingerprint density at radius 1 is 1.08 bits per heavy atom. The molecule has 1 aromatic carbocycles. The van der Waals surface area contributed by atoms with Gasteiger partial charge in [0.15, 0.2) is 0 Å². The summed E-state index contributed by atoms with van der Waals surface area (Å²) in [6, 6.07) is 16.4. The Morgan fingerprint density at radius 3 is 2.56 bits per heavy atom. The lowest BCUT2D eigenvalue weighted by molar-refractivity contribution is -0.121. The van der Waals surface area contributed by atoms with E-state index in [1.807, 2.05) is 36.5 Å². The van der Waals surface area contributed by atoms with Crippen LogP contribution in [0.15, 0.2) is 54.7 Å². The maximum Gasteiger partial charge on any atom is 0.220 e. The average molecular weight is 337 g/mol. The van der Waals surface area contributed by atoms with Crippen LogP contribution in [0.3, 0.4) is 0 Å². The molecule has 0 bridgehead atoms. The first-order chi connectivity index (χ1) is 12.3. The minimum absolute atomic E-state index is 0.183. The molecule has 4 nitrogen and oxygen atoms in total. The van der Waals surface area contributed by atoms with Crippen molar-refractivity contribution in [3.05, 3.63) is 60.3 Å². The monoisotopic (exact) mass is 337 g/mol. The molecule has 1 aliphatic rings. The molecule has 1 saturated heterocycles. The van der Waals surface area contributed by atoms with Crippen molar-refractivity contribution < 1.29 is 4.79 Å². The molecular formula is C21H27N3O. The van der Waals surface area contributed by atoms with Crippen molar-refractivity contribution in [2.75, 3.05) is 24.5 Å². The SMILES string of the molecule is O=C(CCCc1ccccc1)NCC1CCN(c2ccccn2)CC1. The second-order valence-corrected chi connectivity index (χ2v) is 6.76. The molecule has 1 amide bonds. The van der Waals surface area contributed by atoms with Crippen LogP contribution >= 0.6 is 0 Å². The van der Waals surface area contributed by atoms with Crippen molar-refractivity contribution >= 4 is 11.7 Å². The third-order valence-corrected chi connectivity index (χ3v) is 4.89. The topological polar surface area (TPSA) is 45.2 Å². The quantitative estimate of drug-likeness (QED) is 0.842. The lowest BCUT2D eigenvalue weighted by Crippen LogP contribution is -2.39. The zero-order chi connectivity index (χ0) is 17.3. The van der Waals surface area contributed by atoms with Crippen LogP contribution < -0.4 is 10.2 Å². The van der Waals surface area contributed by atoms with Gasteiger partial charge < -0.3 is 10.2 Å². The Labute approximate surface area is 150 Å². The van der Waals surface area contributed by atoms with Gasteiger partial charge in [-0.15, -0.1) is 0 Å². The van der Waals surface area contributed by atoms with E-state index in [4.69, 9.17) is 0 Å². The highest BCUT2D eigenvalue weighted by Gasteiger charge is 2.20. The number of amides is 1. The van der Waals surface area contributed by atoms with Gasteiger partial charge in [0.1, 0.15) is 5.82 Å². The van der Waals surface area contributed by atoms with Crippen molar-refractivity contribution in [3.63, 3.8) is 0 Å². The van der Waals surface area contributed by atoms with Crippen LogP contribution in [0.4, 0.5) is 5.82 Å². The van der Waals surface area contributed by atoms with E-state index < -0.39 is 0 Å². The van der Waals surface area contributed by atoms with E-state index in [2.05, 4.69) is 33.4 Å². The number of carbonyl (C=O) groups is 1. The summed E-state index contributed by atoms with van der Waals surface area (Å²) < 4.78 is 0. The Morgan fingerprint density at radius 2 is 1.84 bits per heavy atom. The number of hydrogen-bond donors (Lipinski definition) is 1. The molecule has 2 aromatic rings. The van der Waals surface area contributed by atoms with Gasteiger partial charge in [0.2, 0.25) is 5.91 Å². The molecule has 132 valence electrons. The minimum atomic E-state index is 0.183. The number of benzene rings is 1. The zero-order valence-electron chi connectivity index (χ0n) is 14.7. The van der Waals surface area contributed by atoms with Crippen molar-refractivity contribution in [1.29, 1.82) is 0 Å². The fraction of sp³-hybridized carbons (Fsp3) is 0.429. The van der Waals surface area contributed by atoms with Gasteiger partial charge in [-0.05, 0) is 49.3 Å². The lowest BCUT2D eigenvalue weighted by atomic mass is 9.96. The summed E-state index contributed by atoms with van der Waals surface area (Å²) in [4.78, 5) is 18.8. The van der Waals surface area contributed by atoms with E-state index in [1.165, 1.54) is 5.56 Å². The Hall–Kier alpha value is -2.36. The molecule has 2 heterocycles. The number of nitrogens with one attached hydrogen (secondary N) is 1. The molecule has 1 N–H and O–H groups in total. The fourth-order valence-electron chi connectivity index (χ4n) is 3.35. The number of rotatable bonds is 7. The molecule has 1 aliphatic heterocycles. The largest absolute Gasteiger partial charge is 0.357 e. The summed E-state index contributed by atoms with van der Waals surface area (Å²) in [5.41, 5.74) is 1.30. The number of hydrogen-bond acceptors (Lipinski definition) is 3. The van der Waals surface area contributed by atoms with Crippen molar-refractivity contribution in [2.24, 2.45) is 5.92 Å². The summed E-state index contributed by atoms with van der Waals surface area (Å²) in [6.45, 7) is 2.84. The van der Waals surface area contributed by atoms with Gasteiger partial charge in [0, 0.05) is 32.3 Å². The fourth-order valence-corrected chi connectivity index (χ4v) is 3.35. The third kappa shape index (κ3) is 5.59. The molecule has 1 aromatic heterocycles. The van der Waals surface area contributed by atoms with E-state index in [0.29, 0.717) is 12.3 Å². The number of piperidine rings is 1. The summed E-state index contributed by atoms with van der Waals surface area (Å²) in [7, 11) is 0. The molecule has 0 spiro atoms. The van der Waals surface area contributed by atoms with Gasteiger partial charge in [0.05, 0.1) is 0 Å². The van der Waals surface area contributed by atoms with E-state index in [-0.39, 0.29) is 5.91 Å². The summed E-state index contributed by atoms with van der Waals surface area (Å²) in [5, 5.41) is 3.12. The van der Waals surface area contributed by atoms with Crippen molar-refractivity contribution in [2.45, 2.75) is 32.1 Å². The highest BCUT2D eigenvalue weighted by molar-refractivity contribution is 5.75. The highest BCUT2D eigenvalue weighted by Crippen LogP contribution is 2.20. The number of nitrogens with zero attached hydrogens (tertiary/aromatic N) is 2. The van der Waals surface area contributed by atoms with Crippen molar-refractivity contribution in [1.82, 2.24) is 10.3 Å². The normalized spacial score (nSPS) is 15.1. The van der Waals surface area contributed by atoms with Crippen LogP contribution in [0.25, 0.3) is 0 Å². The molecule has 1 fully saturated rings. The van der Waals surface area contributed by atoms with Crippen LogP contribution in [-0.2, 0) is 11.2 Å². The first-order valence-corrected chi connectivity index (χ1v) is 9.28. The van der Waals surface area contributed by atoms with Crippen LogP contribution in [0.5, 0.6) is 0 Å². The zero-order valence-corrected chi connectivity index (χ0v) is 14.7. The Balaban J connectivity index is 1.31. The van der Waals surface area contributed by atoms with Gasteiger partial charge in [-0.2, -0.15) is 0 Å². The van der Waals surface area contributed by atoms with E-state index in [1.54, 1.807) is 0 Å². The second-order valence-electron chi connectivity index (χ2n) is 6.76. The van der Waals surface area contributed by atoms with Crippen molar-refractivity contribution in [3.8, 4) is 0 Å². The van der Waals surface area contributed by atoms with E-state index in [0.717, 1.165) is 51.1 Å². The van der Waals surface area contributed by atoms with Gasteiger partial charge >= 0.3 is 0 Å². The van der Waals surface area contributed by atoms with E-state index in [9.17, 15) is 4.79 Å². The summed E-state index contributed by atoms with van der Waals surface area (Å²) in [5.74, 6) is 1.83. The first kappa shape index (κ1) is 17.5. The van der Waals surface area contributed by atoms with Gasteiger partial charge in [-0.25, -0.2) is 4.98 Å². The second kappa shape index (κ2) is 9.21. The average Bonchev–Trinajstić information content (AvgIpc) is 2.68. The third-order valence-electron chi connectivity index (χ3n) is 4.89. The number of aromatic nitrogens is 1. The molecule has 3 rings (SSSR count). The molecular weight excluding hydrogens is 310 g/mol. The van der Waals surface area contributed by atoms with Crippen LogP contribution in [0.1, 0.15) is 31.2 Å². The minimum Gasteiger partial charge on any atom is -0.357 e. The maximum atomic E-state index is 12.0. The highest BCUT2D eigenvalue weighted by atomic mass is 16.1. The number of pyridine rings is 1. The smallest absolute Gasteiger partial charge is 0.220 e. The summed E-state index contributed by atoms with van der Waals surface area (Å²) >= 11 is 0. The number of carbonyl (C=O) groups excluding carboxylic acids is 1. The first-order valence-electron chi connectivity index (χ1n) is 9.28. The Bertz CT molecular complexity index is 637. The van der Waals surface area contributed by atoms with E-state index >= 15 is 0 Å². The molecule has 0 atom stereocenters. The Kier molecular flexibility index (Phi) is 6.43. The van der Waals surface area contributed by atoms with Crippen LogP contribution in [0, 0.1) is 5.92 Å². The van der Waals surface area contributed by atoms with Gasteiger partial charge in [-0.1, -0.05) is 36.4 Å². The van der Waals surface area contributed by atoms with Crippen LogP contribution in [0.2, 0.25) is 0 Å². The maximum absolute atomic E-state index is 12.0. The van der Waals surface area contributed by atoms with Gasteiger partial charge in [-0.3, -0.25) is 4.79 Å².